The normalized spacial score (nSPS) is 17.5. The molecule has 1 aromatic carbocycles. The van der Waals surface area contributed by atoms with Crippen LogP contribution in [0.15, 0.2) is 29.2 Å². The van der Waals surface area contributed by atoms with Crippen molar-refractivity contribution in [3.8, 4) is 0 Å². The van der Waals surface area contributed by atoms with Gasteiger partial charge >= 0.3 is 0 Å². The topological polar surface area (TPSA) is 75.3 Å². The molecule has 0 spiro atoms. The first-order chi connectivity index (χ1) is 9.82. The van der Waals surface area contributed by atoms with Crippen LogP contribution in [0.5, 0.6) is 0 Å². The predicted molar refractivity (Wildman–Crippen MR) is 89.1 cm³/mol. The first-order valence-corrected chi connectivity index (χ1v) is 8.62. The smallest absolute Gasteiger partial charge is 0.240 e. The molecule has 22 heavy (non-hydrogen) atoms. The Morgan fingerprint density at radius 1 is 1.32 bits per heavy atom. The Morgan fingerprint density at radius 3 is 2.55 bits per heavy atom. The summed E-state index contributed by atoms with van der Waals surface area (Å²) in [6, 6.07) is 6.15. The van der Waals surface area contributed by atoms with Crippen molar-refractivity contribution in [2.45, 2.75) is 31.6 Å². The van der Waals surface area contributed by atoms with E-state index in [-0.39, 0.29) is 28.5 Å². The van der Waals surface area contributed by atoms with E-state index < -0.39 is 10.0 Å². The van der Waals surface area contributed by atoms with Gasteiger partial charge in [-0.1, -0.05) is 19.1 Å². The standard InChI is InChI=1S/C15H22N2O3S.ClH/c1-12(18)13-4-3-5-14(10-13)21(19,20)17-11-15(2)6-8-16-9-7-15;/h3-5,10,16-17H,6-9,11H2,1-2H3;1H. The summed E-state index contributed by atoms with van der Waals surface area (Å²) in [6.45, 7) is 5.77. The summed E-state index contributed by atoms with van der Waals surface area (Å²) in [5.74, 6) is -0.141. The summed E-state index contributed by atoms with van der Waals surface area (Å²) < 4.78 is 27.4. The second-order valence-corrected chi connectivity index (χ2v) is 7.74. The quantitative estimate of drug-likeness (QED) is 0.799. The molecule has 0 saturated carbocycles. The minimum absolute atomic E-state index is 0. The van der Waals surface area contributed by atoms with Crippen molar-refractivity contribution >= 4 is 28.2 Å². The highest BCUT2D eigenvalue weighted by Gasteiger charge is 2.28. The van der Waals surface area contributed by atoms with E-state index in [1.54, 1.807) is 12.1 Å². The molecule has 7 heteroatoms. The molecular formula is C15H23ClN2O3S. The molecule has 0 atom stereocenters. The maximum atomic E-state index is 12.4. The number of nitrogens with one attached hydrogen (secondary N) is 2. The van der Waals surface area contributed by atoms with Crippen LogP contribution in [0.25, 0.3) is 0 Å². The van der Waals surface area contributed by atoms with E-state index in [0.717, 1.165) is 25.9 Å². The van der Waals surface area contributed by atoms with Gasteiger partial charge in [0.2, 0.25) is 10.0 Å². The van der Waals surface area contributed by atoms with Crippen LogP contribution in [0.2, 0.25) is 0 Å². The third kappa shape index (κ3) is 4.78. The lowest BCUT2D eigenvalue weighted by Crippen LogP contribution is -2.42. The van der Waals surface area contributed by atoms with Crippen molar-refractivity contribution in [2.24, 2.45) is 5.41 Å². The van der Waals surface area contributed by atoms with Crippen molar-refractivity contribution in [2.75, 3.05) is 19.6 Å². The number of hydrogen-bond acceptors (Lipinski definition) is 4. The number of piperidine rings is 1. The first kappa shape index (κ1) is 19.1. The van der Waals surface area contributed by atoms with E-state index in [9.17, 15) is 13.2 Å². The third-order valence-corrected chi connectivity index (χ3v) is 5.45. The van der Waals surface area contributed by atoms with Gasteiger partial charge in [0.05, 0.1) is 4.90 Å². The van der Waals surface area contributed by atoms with E-state index >= 15 is 0 Å². The highest BCUT2D eigenvalue weighted by Crippen LogP contribution is 2.27. The van der Waals surface area contributed by atoms with Gasteiger partial charge in [0.15, 0.2) is 5.78 Å². The summed E-state index contributed by atoms with van der Waals surface area (Å²) in [5.41, 5.74) is 0.391. The molecule has 0 radical (unpaired) electrons. The Hall–Kier alpha value is -0.950. The molecule has 0 unspecified atom stereocenters. The average Bonchev–Trinajstić information content (AvgIpc) is 2.46. The van der Waals surface area contributed by atoms with Crippen LogP contribution in [-0.2, 0) is 10.0 Å². The molecule has 1 aliphatic rings. The number of benzene rings is 1. The maximum Gasteiger partial charge on any atom is 0.240 e. The lowest BCUT2D eigenvalue weighted by molar-refractivity contribution is 0.101. The Bertz CT molecular complexity index is 625. The molecule has 0 bridgehead atoms. The molecule has 2 N–H and O–H groups in total. The molecule has 2 rings (SSSR count). The van der Waals surface area contributed by atoms with Gasteiger partial charge in [0.25, 0.3) is 0 Å². The number of ketones is 1. The van der Waals surface area contributed by atoms with E-state index in [2.05, 4.69) is 17.0 Å². The minimum Gasteiger partial charge on any atom is -0.317 e. The Labute approximate surface area is 138 Å². The monoisotopic (exact) mass is 346 g/mol. The molecule has 1 saturated heterocycles. The predicted octanol–water partition coefficient (Wildman–Crippen LogP) is 1.98. The first-order valence-electron chi connectivity index (χ1n) is 7.14. The van der Waals surface area contributed by atoms with Crippen LogP contribution in [0.3, 0.4) is 0 Å². The maximum absolute atomic E-state index is 12.4. The van der Waals surface area contributed by atoms with E-state index in [1.807, 2.05) is 0 Å². The number of Topliss-reactive ketones (excluding diaryl/α,β-unsaturated/α-hetero) is 1. The van der Waals surface area contributed by atoms with Gasteiger partial charge in [-0.15, -0.1) is 12.4 Å². The largest absolute Gasteiger partial charge is 0.317 e. The lowest BCUT2D eigenvalue weighted by atomic mass is 9.81. The molecule has 0 amide bonds. The zero-order chi connectivity index (χ0) is 15.5. The van der Waals surface area contributed by atoms with Crippen molar-refractivity contribution in [3.05, 3.63) is 29.8 Å². The highest BCUT2D eigenvalue weighted by atomic mass is 35.5. The summed E-state index contributed by atoms with van der Waals surface area (Å²) in [4.78, 5) is 11.5. The van der Waals surface area contributed by atoms with Crippen LogP contribution < -0.4 is 10.0 Å². The molecule has 5 nitrogen and oxygen atoms in total. The highest BCUT2D eigenvalue weighted by molar-refractivity contribution is 7.89. The zero-order valence-electron chi connectivity index (χ0n) is 12.9. The van der Waals surface area contributed by atoms with Gasteiger partial charge in [0, 0.05) is 12.1 Å². The number of rotatable bonds is 5. The third-order valence-electron chi connectivity index (χ3n) is 4.05. The van der Waals surface area contributed by atoms with Crippen LogP contribution in [0.1, 0.15) is 37.0 Å². The van der Waals surface area contributed by atoms with Crippen molar-refractivity contribution in [3.63, 3.8) is 0 Å². The number of carbonyl (C=O) groups excluding carboxylic acids is 1. The second-order valence-electron chi connectivity index (χ2n) is 5.97. The van der Waals surface area contributed by atoms with Gasteiger partial charge in [-0.25, -0.2) is 13.1 Å². The zero-order valence-corrected chi connectivity index (χ0v) is 14.5. The molecule has 1 fully saturated rings. The van der Waals surface area contributed by atoms with Gasteiger partial charge in [0.1, 0.15) is 0 Å². The number of halogens is 1. The summed E-state index contributed by atoms with van der Waals surface area (Å²) >= 11 is 0. The molecule has 1 heterocycles. The second kappa shape index (κ2) is 7.55. The Morgan fingerprint density at radius 2 is 1.95 bits per heavy atom. The van der Waals surface area contributed by atoms with Gasteiger partial charge in [-0.05, 0) is 50.4 Å². The van der Waals surface area contributed by atoms with Gasteiger partial charge < -0.3 is 5.32 Å². The van der Waals surface area contributed by atoms with Crippen LogP contribution in [0.4, 0.5) is 0 Å². The average molecular weight is 347 g/mol. The fourth-order valence-electron chi connectivity index (χ4n) is 2.44. The lowest BCUT2D eigenvalue weighted by Gasteiger charge is -2.34. The minimum atomic E-state index is -3.58. The Kier molecular flexibility index (Phi) is 6.55. The van der Waals surface area contributed by atoms with Gasteiger partial charge in [-0.2, -0.15) is 0 Å². The van der Waals surface area contributed by atoms with Crippen LogP contribution in [-0.4, -0.2) is 33.8 Å². The summed E-state index contributed by atoms with van der Waals surface area (Å²) in [6.07, 6.45) is 1.89. The van der Waals surface area contributed by atoms with Crippen molar-refractivity contribution in [1.82, 2.24) is 10.0 Å². The van der Waals surface area contributed by atoms with Crippen LogP contribution >= 0.6 is 12.4 Å². The molecule has 124 valence electrons. The summed E-state index contributed by atoms with van der Waals surface area (Å²) in [7, 11) is -3.58. The number of hydrogen-bond donors (Lipinski definition) is 2. The fraction of sp³-hybridized carbons (Fsp3) is 0.533. The molecule has 1 aromatic rings. The fourth-order valence-corrected chi connectivity index (χ4v) is 3.69. The van der Waals surface area contributed by atoms with Crippen molar-refractivity contribution < 1.29 is 13.2 Å². The van der Waals surface area contributed by atoms with E-state index in [4.69, 9.17) is 0 Å². The van der Waals surface area contributed by atoms with Crippen molar-refractivity contribution in [1.29, 1.82) is 0 Å². The number of sulfonamides is 1. The summed E-state index contributed by atoms with van der Waals surface area (Å²) in [5, 5.41) is 3.27. The molecule has 0 aromatic heterocycles. The molecule has 0 aliphatic carbocycles. The van der Waals surface area contributed by atoms with E-state index in [1.165, 1.54) is 19.1 Å². The molecule has 1 aliphatic heterocycles. The SMILES string of the molecule is CC(=O)c1cccc(S(=O)(=O)NCC2(C)CCNCC2)c1.Cl. The van der Waals surface area contributed by atoms with Gasteiger partial charge in [-0.3, -0.25) is 4.79 Å². The van der Waals surface area contributed by atoms with Crippen LogP contribution in [0, 0.1) is 5.41 Å². The number of carbonyl (C=O) groups is 1. The molecular weight excluding hydrogens is 324 g/mol. The Balaban J connectivity index is 0.00000242. The van der Waals surface area contributed by atoms with E-state index in [0.29, 0.717) is 12.1 Å².